The molecule has 4 rings (SSSR count). The smallest absolute Gasteiger partial charge is 0.252 e. The van der Waals surface area contributed by atoms with Gasteiger partial charge in [-0.15, -0.1) is 0 Å². The molecule has 1 aromatic carbocycles. The molecule has 2 N–H and O–H groups in total. The number of piperidine rings is 1. The van der Waals surface area contributed by atoms with Gasteiger partial charge in [-0.2, -0.15) is 10.4 Å². The largest absolute Gasteiger partial charge is 0.336 e. The molecule has 182 valence electrons. The van der Waals surface area contributed by atoms with E-state index in [1.807, 2.05) is 43.8 Å². The van der Waals surface area contributed by atoms with Crippen LogP contribution in [-0.4, -0.2) is 56.7 Å². The molecule has 0 bridgehead atoms. The van der Waals surface area contributed by atoms with Gasteiger partial charge >= 0.3 is 0 Å². The Kier molecular flexibility index (Phi) is 7.42. The Labute approximate surface area is 206 Å². The summed E-state index contributed by atoms with van der Waals surface area (Å²) in [5.41, 5.74) is 3.95. The first-order valence-electron chi connectivity index (χ1n) is 12.0. The van der Waals surface area contributed by atoms with Crippen LogP contribution in [-0.2, 0) is 0 Å². The molecule has 35 heavy (non-hydrogen) atoms. The van der Waals surface area contributed by atoms with Crippen molar-refractivity contribution in [3.05, 3.63) is 54.0 Å². The third kappa shape index (κ3) is 5.84. The lowest BCUT2D eigenvalue weighted by Gasteiger charge is -2.28. The highest BCUT2D eigenvalue weighted by Crippen LogP contribution is 2.25. The molecule has 1 aliphatic heterocycles. The molecule has 0 saturated carbocycles. The van der Waals surface area contributed by atoms with Crippen molar-refractivity contribution in [3.63, 3.8) is 0 Å². The van der Waals surface area contributed by atoms with E-state index in [2.05, 4.69) is 38.7 Å². The molecule has 1 fully saturated rings. The van der Waals surface area contributed by atoms with Crippen LogP contribution in [0.2, 0.25) is 0 Å². The van der Waals surface area contributed by atoms with Crippen LogP contribution in [0.5, 0.6) is 0 Å². The van der Waals surface area contributed by atoms with Crippen LogP contribution in [0.3, 0.4) is 0 Å². The third-order valence-electron chi connectivity index (χ3n) is 6.40. The zero-order valence-corrected chi connectivity index (χ0v) is 20.7. The van der Waals surface area contributed by atoms with Crippen molar-refractivity contribution in [2.45, 2.75) is 45.7 Å². The number of rotatable bonds is 7. The molecule has 2 aromatic heterocycles. The monoisotopic (exact) mass is 472 g/mol. The van der Waals surface area contributed by atoms with E-state index in [-0.39, 0.29) is 11.8 Å². The first-order valence-corrected chi connectivity index (χ1v) is 12.0. The van der Waals surface area contributed by atoms with Gasteiger partial charge in [0.1, 0.15) is 6.04 Å². The van der Waals surface area contributed by atoms with Gasteiger partial charge in [-0.3, -0.25) is 9.48 Å². The number of hydrogen-bond acceptors (Lipinski definition) is 7. The lowest BCUT2D eigenvalue weighted by Crippen LogP contribution is -2.37. The van der Waals surface area contributed by atoms with Crippen LogP contribution in [0, 0.1) is 24.2 Å². The number of likely N-dealkylation sites (tertiary alicyclic amines) is 1. The van der Waals surface area contributed by atoms with E-state index >= 15 is 0 Å². The van der Waals surface area contributed by atoms with E-state index in [4.69, 9.17) is 4.98 Å². The SMILES string of the molecule is Cc1cnc(Nc2cnn(C3CCN(C)CC3)c2)nc1-c1ccc(C(=O)N[C@H](C#N)C(C)C)cc1. The van der Waals surface area contributed by atoms with Crippen LogP contribution in [0.15, 0.2) is 42.9 Å². The summed E-state index contributed by atoms with van der Waals surface area (Å²) in [6.45, 7) is 7.92. The van der Waals surface area contributed by atoms with E-state index in [0.29, 0.717) is 17.6 Å². The Morgan fingerprint density at radius 2 is 1.89 bits per heavy atom. The Balaban J connectivity index is 1.46. The Hall–Kier alpha value is -3.77. The Morgan fingerprint density at radius 3 is 2.54 bits per heavy atom. The molecule has 1 saturated heterocycles. The van der Waals surface area contributed by atoms with Gasteiger partial charge in [0, 0.05) is 23.5 Å². The van der Waals surface area contributed by atoms with Crippen LogP contribution < -0.4 is 10.6 Å². The molecule has 0 radical (unpaired) electrons. The van der Waals surface area contributed by atoms with Crippen molar-refractivity contribution >= 4 is 17.5 Å². The summed E-state index contributed by atoms with van der Waals surface area (Å²) in [7, 11) is 2.15. The van der Waals surface area contributed by atoms with E-state index in [9.17, 15) is 10.1 Å². The summed E-state index contributed by atoms with van der Waals surface area (Å²) < 4.78 is 2.03. The van der Waals surface area contributed by atoms with E-state index in [1.165, 1.54) is 0 Å². The maximum absolute atomic E-state index is 12.5. The highest BCUT2D eigenvalue weighted by Gasteiger charge is 2.19. The average Bonchev–Trinajstić information content (AvgIpc) is 3.32. The van der Waals surface area contributed by atoms with Crippen LogP contribution in [0.1, 0.15) is 48.7 Å². The molecule has 1 aliphatic rings. The molecule has 9 heteroatoms. The summed E-state index contributed by atoms with van der Waals surface area (Å²) >= 11 is 0. The van der Waals surface area contributed by atoms with Gasteiger partial charge < -0.3 is 15.5 Å². The number of amides is 1. The summed E-state index contributed by atoms with van der Waals surface area (Å²) in [4.78, 5) is 24.0. The predicted octanol–water partition coefficient (Wildman–Crippen LogP) is 3.94. The molecular weight excluding hydrogens is 440 g/mol. The van der Waals surface area contributed by atoms with Crippen molar-refractivity contribution < 1.29 is 4.79 Å². The molecule has 1 atom stereocenters. The average molecular weight is 473 g/mol. The van der Waals surface area contributed by atoms with E-state index in [0.717, 1.165) is 48.4 Å². The summed E-state index contributed by atoms with van der Waals surface area (Å²) in [6.07, 6.45) is 7.78. The second-order valence-corrected chi connectivity index (χ2v) is 9.50. The number of carbonyl (C=O) groups excluding carboxylic acids is 1. The second kappa shape index (κ2) is 10.7. The predicted molar refractivity (Wildman–Crippen MR) is 135 cm³/mol. The van der Waals surface area contributed by atoms with Crippen LogP contribution >= 0.6 is 0 Å². The molecule has 0 spiro atoms. The minimum absolute atomic E-state index is 0.0364. The van der Waals surface area contributed by atoms with Crippen molar-refractivity contribution in [1.29, 1.82) is 5.26 Å². The number of nitrogens with one attached hydrogen (secondary N) is 2. The number of aryl methyl sites for hydroxylation is 1. The first-order chi connectivity index (χ1) is 16.8. The number of hydrogen-bond donors (Lipinski definition) is 2. The Morgan fingerprint density at radius 1 is 1.17 bits per heavy atom. The zero-order chi connectivity index (χ0) is 24.9. The highest BCUT2D eigenvalue weighted by atomic mass is 16.1. The van der Waals surface area contributed by atoms with Gasteiger partial charge in [-0.05, 0) is 63.5 Å². The fourth-order valence-electron chi connectivity index (χ4n) is 4.14. The van der Waals surface area contributed by atoms with Gasteiger partial charge in [0.25, 0.3) is 5.91 Å². The summed E-state index contributed by atoms with van der Waals surface area (Å²) in [5, 5.41) is 19.8. The number of anilines is 2. The van der Waals surface area contributed by atoms with Gasteiger partial charge in [0.05, 0.1) is 29.7 Å². The molecule has 3 aromatic rings. The van der Waals surface area contributed by atoms with Gasteiger partial charge in [-0.1, -0.05) is 26.0 Å². The van der Waals surface area contributed by atoms with E-state index < -0.39 is 6.04 Å². The number of nitriles is 1. The Bertz CT molecular complexity index is 1200. The molecule has 9 nitrogen and oxygen atoms in total. The van der Waals surface area contributed by atoms with Gasteiger partial charge in [0.2, 0.25) is 5.95 Å². The minimum atomic E-state index is -0.524. The third-order valence-corrected chi connectivity index (χ3v) is 6.40. The van der Waals surface area contributed by atoms with Crippen molar-refractivity contribution in [2.24, 2.45) is 5.92 Å². The number of benzene rings is 1. The molecule has 1 amide bonds. The van der Waals surface area contributed by atoms with Gasteiger partial charge in [0.15, 0.2) is 0 Å². The van der Waals surface area contributed by atoms with Crippen LogP contribution in [0.25, 0.3) is 11.3 Å². The fraction of sp³-hybridized carbons (Fsp3) is 0.423. The van der Waals surface area contributed by atoms with Crippen LogP contribution in [0.4, 0.5) is 11.6 Å². The van der Waals surface area contributed by atoms with Crippen molar-refractivity contribution in [1.82, 2.24) is 30.0 Å². The molecule has 0 aliphatic carbocycles. The van der Waals surface area contributed by atoms with E-state index in [1.54, 1.807) is 24.5 Å². The lowest BCUT2D eigenvalue weighted by molar-refractivity contribution is 0.0937. The lowest BCUT2D eigenvalue weighted by atomic mass is 10.0. The van der Waals surface area contributed by atoms with Crippen molar-refractivity contribution in [2.75, 3.05) is 25.5 Å². The quantitative estimate of drug-likeness (QED) is 0.536. The topological polar surface area (TPSA) is 112 Å². The maximum Gasteiger partial charge on any atom is 0.252 e. The molecule has 3 heterocycles. The maximum atomic E-state index is 12.5. The normalized spacial score (nSPS) is 15.5. The number of aromatic nitrogens is 4. The number of nitrogens with zero attached hydrogens (tertiary/aromatic N) is 6. The second-order valence-electron chi connectivity index (χ2n) is 9.50. The van der Waals surface area contributed by atoms with Gasteiger partial charge in [-0.25, -0.2) is 9.97 Å². The minimum Gasteiger partial charge on any atom is -0.336 e. The summed E-state index contributed by atoms with van der Waals surface area (Å²) in [5.74, 6) is 0.263. The zero-order valence-electron chi connectivity index (χ0n) is 20.7. The number of carbonyl (C=O) groups is 1. The fourth-order valence-corrected chi connectivity index (χ4v) is 4.14. The molecular formula is C26H32N8O. The standard InChI is InChI=1S/C26H32N8O/c1-17(2)23(13-27)31-25(35)20-7-5-19(6-8-20)24-18(3)14-28-26(32-24)30-21-15-29-34(16-21)22-9-11-33(4)12-10-22/h5-8,14-17,22-23H,9-12H2,1-4H3,(H,31,35)(H,28,30,32)/t23-/m1/s1. The first kappa shape index (κ1) is 24.4. The summed E-state index contributed by atoms with van der Waals surface area (Å²) in [6, 6.07) is 9.25. The molecule has 0 unspecified atom stereocenters. The highest BCUT2D eigenvalue weighted by molar-refractivity contribution is 5.95. The van der Waals surface area contributed by atoms with Crippen molar-refractivity contribution in [3.8, 4) is 17.3 Å².